The van der Waals surface area contributed by atoms with Gasteiger partial charge in [0.05, 0.1) is 11.9 Å². The number of imidazole rings is 1. The van der Waals surface area contributed by atoms with Crippen LogP contribution in [0.3, 0.4) is 0 Å². The van der Waals surface area contributed by atoms with Crippen LogP contribution in [-0.2, 0) is 6.42 Å². The lowest BCUT2D eigenvalue weighted by molar-refractivity contribution is 0.627. The van der Waals surface area contributed by atoms with Gasteiger partial charge in [0.2, 0.25) is 0 Å². The molecule has 0 spiro atoms. The van der Waals surface area contributed by atoms with E-state index >= 15 is 0 Å². The number of nitrogens with one attached hydrogen (secondary N) is 1. The number of nitrogens with two attached hydrogens (primary N) is 1. The molecule has 2 rings (SSSR count). The Morgan fingerprint density at radius 1 is 1.41 bits per heavy atom. The lowest BCUT2D eigenvalue weighted by Crippen LogP contribution is -2.01. The van der Waals surface area contributed by atoms with Crippen molar-refractivity contribution in [3.63, 3.8) is 0 Å². The van der Waals surface area contributed by atoms with Gasteiger partial charge < -0.3 is 10.7 Å². The Kier molecular flexibility index (Phi) is 3.91. The van der Waals surface area contributed by atoms with Gasteiger partial charge in [-0.25, -0.2) is 9.37 Å². The van der Waals surface area contributed by atoms with E-state index in [1.54, 1.807) is 12.3 Å². The van der Waals surface area contributed by atoms with Gasteiger partial charge >= 0.3 is 0 Å². The molecule has 0 fully saturated rings. The lowest BCUT2D eigenvalue weighted by Gasteiger charge is -2.01. The molecular weight excluding hydrogens is 285 g/mol. The molecule has 17 heavy (non-hydrogen) atoms. The summed E-state index contributed by atoms with van der Waals surface area (Å²) in [5.74, 6) is 0.644. The number of aromatic nitrogens is 2. The van der Waals surface area contributed by atoms with Gasteiger partial charge in [-0.3, -0.25) is 0 Å². The summed E-state index contributed by atoms with van der Waals surface area (Å²) in [5.41, 5.74) is 7.22. The number of benzene rings is 1. The Bertz CT molecular complexity index is 510. The number of aryl methyl sites for hydroxylation is 1. The van der Waals surface area contributed by atoms with Gasteiger partial charge in [-0.1, -0.05) is 0 Å². The fraction of sp³-hybridized carbons (Fsp3) is 0.250. The highest BCUT2D eigenvalue weighted by Crippen LogP contribution is 2.27. The second kappa shape index (κ2) is 5.42. The monoisotopic (exact) mass is 297 g/mol. The molecule has 3 N–H and O–H groups in total. The van der Waals surface area contributed by atoms with Crippen molar-refractivity contribution >= 4 is 15.9 Å². The minimum Gasteiger partial charge on any atom is -0.342 e. The van der Waals surface area contributed by atoms with Gasteiger partial charge in [0.1, 0.15) is 11.6 Å². The van der Waals surface area contributed by atoms with Crippen molar-refractivity contribution in [3.8, 4) is 11.3 Å². The minimum absolute atomic E-state index is 0.261. The van der Waals surface area contributed by atoms with Gasteiger partial charge in [0.15, 0.2) is 0 Å². The number of nitrogens with zero attached hydrogens (tertiary/aromatic N) is 1. The molecule has 0 unspecified atom stereocenters. The maximum Gasteiger partial charge on any atom is 0.124 e. The minimum atomic E-state index is -0.261. The fourth-order valence-electron chi connectivity index (χ4n) is 1.60. The van der Waals surface area contributed by atoms with Gasteiger partial charge in [-0.2, -0.15) is 0 Å². The number of H-pyrrole nitrogens is 1. The summed E-state index contributed by atoms with van der Waals surface area (Å²) in [6.45, 7) is 0.649. The van der Waals surface area contributed by atoms with Crippen LogP contribution in [0.15, 0.2) is 28.9 Å². The van der Waals surface area contributed by atoms with E-state index in [0.29, 0.717) is 11.0 Å². The Balaban J connectivity index is 2.24. The zero-order valence-electron chi connectivity index (χ0n) is 9.21. The van der Waals surface area contributed by atoms with E-state index in [4.69, 9.17) is 5.73 Å². The first-order chi connectivity index (χ1) is 8.20. The molecule has 0 amide bonds. The van der Waals surface area contributed by atoms with Crippen LogP contribution in [-0.4, -0.2) is 16.5 Å². The van der Waals surface area contributed by atoms with Gasteiger partial charge in [-0.15, -0.1) is 0 Å². The number of aromatic amines is 1. The molecule has 1 aromatic heterocycles. The third-order valence-corrected chi connectivity index (χ3v) is 3.12. The van der Waals surface area contributed by atoms with Crippen molar-refractivity contribution in [1.82, 2.24) is 9.97 Å². The van der Waals surface area contributed by atoms with Crippen LogP contribution in [0.2, 0.25) is 0 Å². The molecule has 5 heteroatoms. The highest BCUT2D eigenvalue weighted by atomic mass is 79.9. The zero-order chi connectivity index (χ0) is 12.3. The zero-order valence-corrected chi connectivity index (χ0v) is 10.8. The van der Waals surface area contributed by atoms with Crippen LogP contribution in [0.25, 0.3) is 11.3 Å². The first kappa shape index (κ1) is 12.3. The summed E-state index contributed by atoms with van der Waals surface area (Å²) in [6.07, 6.45) is 3.48. The van der Waals surface area contributed by atoms with Gasteiger partial charge in [0.25, 0.3) is 0 Å². The summed E-state index contributed by atoms with van der Waals surface area (Å²) in [4.78, 5) is 7.47. The summed E-state index contributed by atoms with van der Waals surface area (Å²) in [5, 5.41) is 0. The topological polar surface area (TPSA) is 54.7 Å². The number of hydrogen-bond acceptors (Lipinski definition) is 2. The van der Waals surface area contributed by atoms with Crippen LogP contribution in [0.4, 0.5) is 4.39 Å². The van der Waals surface area contributed by atoms with Crippen molar-refractivity contribution < 1.29 is 4.39 Å². The molecule has 0 aliphatic rings. The molecule has 0 aliphatic heterocycles. The van der Waals surface area contributed by atoms with Crippen LogP contribution < -0.4 is 5.73 Å². The van der Waals surface area contributed by atoms with Crippen LogP contribution >= 0.6 is 15.9 Å². The van der Waals surface area contributed by atoms with Crippen LogP contribution in [0, 0.1) is 5.82 Å². The van der Waals surface area contributed by atoms with Crippen molar-refractivity contribution in [2.45, 2.75) is 12.8 Å². The number of rotatable bonds is 4. The largest absolute Gasteiger partial charge is 0.342 e. The molecule has 0 atom stereocenters. The SMILES string of the molecule is NCCCc1ncc(-c2ccc(F)cc2Br)[nH]1. The van der Waals surface area contributed by atoms with E-state index in [0.717, 1.165) is 29.9 Å². The molecule has 0 radical (unpaired) electrons. The summed E-state index contributed by atoms with van der Waals surface area (Å²) < 4.78 is 13.7. The second-order valence-electron chi connectivity index (χ2n) is 3.76. The van der Waals surface area contributed by atoms with Crippen LogP contribution in [0.5, 0.6) is 0 Å². The summed E-state index contributed by atoms with van der Waals surface area (Å²) in [6, 6.07) is 4.59. The molecule has 1 aromatic carbocycles. The molecule has 3 nitrogen and oxygen atoms in total. The van der Waals surface area contributed by atoms with Crippen molar-refractivity contribution in [3.05, 3.63) is 40.5 Å². The van der Waals surface area contributed by atoms with Crippen molar-refractivity contribution in [2.24, 2.45) is 5.73 Å². The third-order valence-electron chi connectivity index (χ3n) is 2.47. The quantitative estimate of drug-likeness (QED) is 0.912. The Morgan fingerprint density at radius 2 is 2.24 bits per heavy atom. The van der Waals surface area contributed by atoms with Crippen LogP contribution in [0.1, 0.15) is 12.2 Å². The van der Waals surface area contributed by atoms with E-state index in [-0.39, 0.29) is 5.82 Å². The van der Waals surface area contributed by atoms with E-state index in [9.17, 15) is 4.39 Å². The third kappa shape index (κ3) is 2.92. The van der Waals surface area contributed by atoms with E-state index < -0.39 is 0 Å². The van der Waals surface area contributed by atoms with Crippen molar-refractivity contribution in [2.75, 3.05) is 6.54 Å². The number of halogens is 2. The Labute approximate surface area is 107 Å². The number of hydrogen-bond donors (Lipinski definition) is 2. The predicted molar refractivity (Wildman–Crippen MR) is 69.1 cm³/mol. The first-order valence-electron chi connectivity index (χ1n) is 5.40. The lowest BCUT2D eigenvalue weighted by atomic mass is 10.2. The molecule has 1 heterocycles. The molecule has 2 aromatic rings. The van der Waals surface area contributed by atoms with Gasteiger partial charge in [-0.05, 0) is 47.1 Å². The van der Waals surface area contributed by atoms with E-state index in [1.807, 2.05) is 0 Å². The molecule has 0 saturated carbocycles. The van der Waals surface area contributed by atoms with E-state index in [1.165, 1.54) is 12.1 Å². The first-order valence-corrected chi connectivity index (χ1v) is 6.19. The van der Waals surface area contributed by atoms with Crippen molar-refractivity contribution in [1.29, 1.82) is 0 Å². The molecule has 0 saturated heterocycles. The van der Waals surface area contributed by atoms with E-state index in [2.05, 4.69) is 25.9 Å². The summed E-state index contributed by atoms with van der Waals surface area (Å²) >= 11 is 3.34. The average Bonchev–Trinajstić information content (AvgIpc) is 2.75. The second-order valence-corrected chi connectivity index (χ2v) is 4.61. The Morgan fingerprint density at radius 3 is 2.94 bits per heavy atom. The standard InChI is InChI=1S/C12H13BrFN3/c13-10-6-8(14)3-4-9(10)11-7-16-12(17-11)2-1-5-15/h3-4,6-7H,1-2,5,15H2,(H,16,17). The van der Waals surface area contributed by atoms with Gasteiger partial charge in [0, 0.05) is 16.5 Å². The molecular formula is C12H13BrFN3. The molecule has 90 valence electrons. The highest BCUT2D eigenvalue weighted by Gasteiger charge is 2.07. The Hall–Kier alpha value is -1.20. The molecule has 0 bridgehead atoms. The normalized spacial score (nSPS) is 10.8. The predicted octanol–water partition coefficient (Wildman–Crippen LogP) is 2.87. The maximum absolute atomic E-state index is 13.0. The highest BCUT2D eigenvalue weighted by molar-refractivity contribution is 9.10. The fourth-order valence-corrected chi connectivity index (χ4v) is 2.17. The maximum atomic E-state index is 13.0. The summed E-state index contributed by atoms with van der Waals surface area (Å²) in [7, 11) is 0. The smallest absolute Gasteiger partial charge is 0.124 e. The average molecular weight is 298 g/mol. The molecule has 0 aliphatic carbocycles.